The maximum atomic E-state index is 4.36. The first-order chi connectivity index (χ1) is 12.6. The number of fused-ring (bicyclic) bond motifs is 1. The minimum absolute atomic E-state index is 0. The van der Waals surface area contributed by atoms with Crippen molar-refractivity contribution in [1.82, 2.24) is 25.4 Å². The molecule has 1 saturated heterocycles. The van der Waals surface area contributed by atoms with E-state index in [4.69, 9.17) is 0 Å². The summed E-state index contributed by atoms with van der Waals surface area (Å²) < 4.78 is 0. The van der Waals surface area contributed by atoms with Crippen molar-refractivity contribution in [2.45, 2.75) is 19.4 Å². The van der Waals surface area contributed by atoms with E-state index in [0.29, 0.717) is 6.04 Å². The fourth-order valence-electron chi connectivity index (χ4n) is 3.58. The molecule has 0 amide bonds. The molecule has 3 rings (SSSR count). The maximum Gasteiger partial charge on any atom is 0.191 e. The second-order valence-electron chi connectivity index (χ2n) is 7.39. The van der Waals surface area contributed by atoms with Crippen LogP contribution >= 0.6 is 24.0 Å². The molecule has 0 saturated carbocycles. The standard InChI is InChI=1S/C20H32N6.HI/c1-15-5-6-18-16(12-23-19(18)11-15)7-8-22-20(21-2)24-13-17-14-25(3)9-10-26(17)4;/h5-6,11-12,17,23H,7-10,13-14H2,1-4H3,(H2,21,22,24);1H. The Morgan fingerprint density at radius 3 is 2.85 bits per heavy atom. The molecule has 27 heavy (non-hydrogen) atoms. The molecule has 1 fully saturated rings. The van der Waals surface area contributed by atoms with Crippen molar-refractivity contribution in [2.75, 3.05) is 53.9 Å². The molecule has 1 atom stereocenters. The van der Waals surface area contributed by atoms with E-state index in [9.17, 15) is 0 Å². The second-order valence-corrected chi connectivity index (χ2v) is 7.39. The van der Waals surface area contributed by atoms with Crippen LogP contribution in [-0.4, -0.2) is 80.7 Å². The number of nitrogens with zero attached hydrogens (tertiary/aromatic N) is 3. The number of aliphatic imine (C=N–C) groups is 1. The first-order valence-electron chi connectivity index (χ1n) is 9.46. The molecule has 7 heteroatoms. The predicted molar refractivity (Wildman–Crippen MR) is 125 cm³/mol. The van der Waals surface area contributed by atoms with Crippen molar-refractivity contribution in [3.63, 3.8) is 0 Å². The first-order valence-corrected chi connectivity index (χ1v) is 9.46. The fourth-order valence-corrected chi connectivity index (χ4v) is 3.58. The van der Waals surface area contributed by atoms with E-state index < -0.39 is 0 Å². The Hall–Kier alpha value is -1.32. The lowest BCUT2D eigenvalue weighted by atomic mass is 10.1. The number of H-pyrrole nitrogens is 1. The van der Waals surface area contributed by atoms with Crippen molar-refractivity contribution >= 4 is 40.8 Å². The van der Waals surface area contributed by atoms with Crippen LogP contribution in [-0.2, 0) is 6.42 Å². The van der Waals surface area contributed by atoms with Crippen LogP contribution in [0.3, 0.4) is 0 Å². The average Bonchev–Trinajstić information content (AvgIpc) is 3.02. The molecule has 1 aliphatic rings. The predicted octanol–water partition coefficient (Wildman–Crippen LogP) is 2.05. The Balaban J connectivity index is 0.00000261. The molecule has 0 radical (unpaired) electrons. The zero-order valence-corrected chi connectivity index (χ0v) is 19.2. The van der Waals surface area contributed by atoms with Crippen molar-refractivity contribution in [3.05, 3.63) is 35.5 Å². The Morgan fingerprint density at radius 2 is 2.07 bits per heavy atom. The van der Waals surface area contributed by atoms with E-state index in [1.807, 2.05) is 7.05 Å². The van der Waals surface area contributed by atoms with Crippen LogP contribution in [0.2, 0.25) is 0 Å². The number of aryl methyl sites for hydroxylation is 1. The molecule has 0 spiro atoms. The van der Waals surface area contributed by atoms with Gasteiger partial charge < -0.3 is 20.5 Å². The fraction of sp³-hybridized carbons (Fsp3) is 0.550. The molecule has 1 aromatic heterocycles. The summed E-state index contributed by atoms with van der Waals surface area (Å²) in [6.07, 6.45) is 3.09. The summed E-state index contributed by atoms with van der Waals surface area (Å²) >= 11 is 0. The zero-order valence-electron chi connectivity index (χ0n) is 16.9. The number of hydrogen-bond acceptors (Lipinski definition) is 3. The number of aromatic amines is 1. The largest absolute Gasteiger partial charge is 0.361 e. The smallest absolute Gasteiger partial charge is 0.191 e. The van der Waals surface area contributed by atoms with Crippen molar-refractivity contribution in [1.29, 1.82) is 0 Å². The van der Waals surface area contributed by atoms with Crippen LogP contribution in [0.1, 0.15) is 11.1 Å². The average molecular weight is 484 g/mol. The van der Waals surface area contributed by atoms with Gasteiger partial charge in [-0.1, -0.05) is 12.1 Å². The van der Waals surface area contributed by atoms with Crippen molar-refractivity contribution in [3.8, 4) is 0 Å². The molecule has 0 bridgehead atoms. The van der Waals surface area contributed by atoms with Crippen LogP contribution in [0.5, 0.6) is 0 Å². The van der Waals surface area contributed by atoms with Crippen LogP contribution < -0.4 is 10.6 Å². The zero-order chi connectivity index (χ0) is 18.5. The van der Waals surface area contributed by atoms with E-state index in [1.54, 1.807) is 0 Å². The molecule has 1 aliphatic heterocycles. The highest BCUT2D eigenvalue weighted by molar-refractivity contribution is 14.0. The minimum Gasteiger partial charge on any atom is -0.361 e. The van der Waals surface area contributed by atoms with Gasteiger partial charge in [-0.15, -0.1) is 24.0 Å². The number of benzene rings is 1. The highest BCUT2D eigenvalue weighted by Crippen LogP contribution is 2.19. The summed E-state index contributed by atoms with van der Waals surface area (Å²) in [4.78, 5) is 12.6. The minimum atomic E-state index is 0. The number of aromatic nitrogens is 1. The number of halogens is 1. The highest BCUT2D eigenvalue weighted by Gasteiger charge is 2.21. The van der Waals surface area contributed by atoms with Gasteiger partial charge in [0, 0.05) is 62.9 Å². The lowest BCUT2D eigenvalue weighted by Crippen LogP contribution is -2.55. The van der Waals surface area contributed by atoms with E-state index in [2.05, 4.69) is 75.8 Å². The van der Waals surface area contributed by atoms with E-state index >= 15 is 0 Å². The summed E-state index contributed by atoms with van der Waals surface area (Å²) in [7, 11) is 6.23. The summed E-state index contributed by atoms with van der Waals surface area (Å²) in [5.74, 6) is 0.877. The van der Waals surface area contributed by atoms with E-state index in [0.717, 1.165) is 45.1 Å². The van der Waals surface area contributed by atoms with E-state index in [1.165, 1.54) is 22.0 Å². The van der Waals surface area contributed by atoms with Crippen LogP contribution in [0.25, 0.3) is 10.9 Å². The number of rotatable bonds is 5. The lowest BCUT2D eigenvalue weighted by molar-refractivity contribution is 0.116. The van der Waals surface area contributed by atoms with Gasteiger partial charge in [-0.3, -0.25) is 9.89 Å². The number of hydrogen-bond donors (Lipinski definition) is 3. The third kappa shape index (κ3) is 5.83. The summed E-state index contributed by atoms with van der Waals surface area (Å²) in [5.41, 5.74) is 3.84. The quantitative estimate of drug-likeness (QED) is 0.346. The molecule has 3 N–H and O–H groups in total. The Kier molecular flexibility index (Phi) is 8.37. The van der Waals surface area contributed by atoms with Gasteiger partial charge in [0.25, 0.3) is 0 Å². The van der Waals surface area contributed by atoms with Crippen molar-refractivity contribution < 1.29 is 0 Å². The number of guanidine groups is 1. The van der Waals surface area contributed by atoms with Gasteiger partial charge in [-0.2, -0.15) is 0 Å². The summed E-state index contributed by atoms with van der Waals surface area (Å²) in [5, 5.41) is 8.23. The topological polar surface area (TPSA) is 58.7 Å². The first kappa shape index (κ1) is 22.0. The van der Waals surface area contributed by atoms with E-state index in [-0.39, 0.29) is 24.0 Å². The molecular weight excluding hydrogens is 451 g/mol. The van der Waals surface area contributed by atoms with Gasteiger partial charge in [-0.25, -0.2) is 0 Å². The molecule has 2 heterocycles. The Labute approximate surface area is 179 Å². The Morgan fingerprint density at radius 1 is 1.26 bits per heavy atom. The summed E-state index contributed by atoms with van der Waals surface area (Å²) in [6, 6.07) is 7.10. The van der Waals surface area contributed by atoms with Gasteiger partial charge in [0.05, 0.1) is 0 Å². The SMILES string of the molecule is CN=C(NCCc1c[nH]c2cc(C)ccc12)NCC1CN(C)CCN1C.I. The van der Waals surface area contributed by atoms with Crippen LogP contribution in [0, 0.1) is 6.92 Å². The third-order valence-corrected chi connectivity index (χ3v) is 5.32. The normalized spacial score (nSPS) is 19.1. The molecule has 0 aliphatic carbocycles. The third-order valence-electron chi connectivity index (χ3n) is 5.32. The van der Waals surface area contributed by atoms with Gasteiger partial charge in [0.2, 0.25) is 0 Å². The number of likely N-dealkylation sites (N-methyl/N-ethyl adjacent to an activating group) is 2. The number of piperazine rings is 1. The van der Waals surface area contributed by atoms with Crippen molar-refractivity contribution in [2.24, 2.45) is 4.99 Å². The summed E-state index contributed by atoms with van der Waals surface area (Å²) in [6.45, 7) is 7.25. The molecule has 150 valence electrons. The molecule has 1 aromatic carbocycles. The molecular formula is C20H33IN6. The molecule has 1 unspecified atom stereocenters. The Bertz CT molecular complexity index is 756. The van der Waals surface area contributed by atoms with Crippen LogP contribution in [0.4, 0.5) is 0 Å². The van der Waals surface area contributed by atoms with Gasteiger partial charge >= 0.3 is 0 Å². The maximum absolute atomic E-state index is 4.36. The molecule has 2 aromatic rings. The monoisotopic (exact) mass is 484 g/mol. The van der Waals surface area contributed by atoms with Gasteiger partial charge in [0.1, 0.15) is 0 Å². The van der Waals surface area contributed by atoms with Crippen LogP contribution in [0.15, 0.2) is 29.4 Å². The highest BCUT2D eigenvalue weighted by atomic mass is 127. The number of nitrogens with one attached hydrogen (secondary N) is 3. The second kappa shape index (κ2) is 10.3. The van der Waals surface area contributed by atoms with Gasteiger partial charge in [-0.05, 0) is 44.6 Å². The molecule has 6 nitrogen and oxygen atoms in total. The lowest BCUT2D eigenvalue weighted by Gasteiger charge is -2.37. The van der Waals surface area contributed by atoms with Gasteiger partial charge in [0.15, 0.2) is 5.96 Å².